The zero-order chi connectivity index (χ0) is 18.0. The van der Waals surface area contributed by atoms with Crippen molar-refractivity contribution in [3.8, 4) is 11.8 Å². The van der Waals surface area contributed by atoms with Gasteiger partial charge in [0, 0.05) is 18.7 Å². The van der Waals surface area contributed by atoms with Gasteiger partial charge in [-0.2, -0.15) is 5.26 Å². The number of benzene rings is 2. The van der Waals surface area contributed by atoms with Crippen molar-refractivity contribution in [2.24, 2.45) is 0 Å². The predicted molar refractivity (Wildman–Crippen MR) is 89.0 cm³/mol. The van der Waals surface area contributed by atoms with Crippen LogP contribution in [0.2, 0.25) is 5.02 Å². The first-order valence-corrected chi connectivity index (χ1v) is 7.96. The summed E-state index contributed by atoms with van der Waals surface area (Å²) in [4.78, 5) is 12.4. The molecule has 0 spiro atoms. The van der Waals surface area contributed by atoms with Gasteiger partial charge in [0.2, 0.25) is 0 Å². The molecular formula is C18H14ClFN2O3. The van der Waals surface area contributed by atoms with Crippen LogP contribution in [0.3, 0.4) is 0 Å². The Morgan fingerprint density at radius 1 is 1.36 bits per heavy atom. The molecule has 0 saturated carbocycles. The summed E-state index contributed by atoms with van der Waals surface area (Å²) in [6, 6.07) is 9.50. The Bertz CT molecular complexity index is 879. The molecule has 5 nitrogen and oxygen atoms in total. The quantitative estimate of drug-likeness (QED) is 0.898. The molecule has 0 saturated heterocycles. The molecule has 2 aromatic rings. The van der Waals surface area contributed by atoms with Crippen LogP contribution in [0, 0.1) is 17.1 Å². The minimum atomic E-state index is -0.970. The average Bonchev–Trinajstić information content (AvgIpc) is 2.60. The van der Waals surface area contributed by atoms with E-state index >= 15 is 0 Å². The molecule has 1 amide bonds. The zero-order valence-electron chi connectivity index (χ0n) is 13.1. The molecule has 1 heterocycles. The smallest absolute Gasteiger partial charge is 0.407 e. The molecule has 0 aromatic heterocycles. The van der Waals surface area contributed by atoms with E-state index in [1.807, 2.05) is 6.07 Å². The highest BCUT2D eigenvalue weighted by molar-refractivity contribution is 6.32. The lowest BCUT2D eigenvalue weighted by atomic mass is 10.00. The van der Waals surface area contributed by atoms with Gasteiger partial charge in [-0.05, 0) is 41.8 Å². The molecule has 25 heavy (non-hydrogen) atoms. The Kier molecular flexibility index (Phi) is 4.77. The molecule has 1 aliphatic heterocycles. The minimum Gasteiger partial charge on any atom is -0.487 e. The number of rotatable bonds is 3. The third-order valence-electron chi connectivity index (χ3n) is 4.10. The minimum absolute atomic E-state index is 0.0430. The van der Waals surface area contributed by atoms with Crippen LogP contribution in [0.1, 0.15) is 22.3 Å². The molecule has 7 heteroatoms. The molecule has 0 bridgehead atoms. The Hall–Kier alpha value is -2.78. The molecule has 0 aliphatic carbocycles. The lowest BCUT2D eigenvalue weighted by Gasteiger charge is -2.27. The number of ether oxygens (including phenoxy) is 1. The summed E-state index contributed by atoms with van der Waals surface area (Å²) in [5.41, 5.74) is 2.36. The second-order valence-corrected chi connectivity index (χ2v) is 6.12. The topological polar surface area (TPSA) is 73.6 Å². The van der Waals surface area contributed by atoms with Gasteiger partial charge >= 0.3 is 6.09 Å². The van der Waals surface area contributed by atoms with Crippen molar-refractivity contribution in [3.05, 3.63) is 63.4 Å². The number of fused-ring (bicyclic) bond motifs is 1. The monoisotopic (exact) mass is 360 g/mol. The fraction of sp³-hybridized carbons (Fsp3) is 0.222. The van der Waals surface area contributed by atoms with Crippen molar-refractivity contribution in [1.82, 2.24) is 4.90 Å². The summed E-state index contributed by atoms with van der Waals surface area (Å²) >= 11 is 6.22. The number of nitriles is 1. The van der Waals surface area contributed by atoms with Gasteiger partial charge in [-0.25, -0.2) is 9.18 Å². The SMILES string of the molecule is N#Cc1ccc(COc2cc3c(cc2Cl)CCN(C(=O)O)C3)c(F)c1. The first-order chi connectivity index (χ1) is 12.0. The first kappa shape index (κ1) is 17.1. The number of carboxylic acid groups (broad SMARTS) is 1. The van der Waals surface area contributed by atoms with Crippen LogP contribution >= 0.6 is 11.6 Å². The molecule has 2 aromatic carbocycles. The standard InChI is InChI=1S/C18H14ClFN2O3/c19-15-6-12-3-4-22(18(23)24)9-14(12)7-17(15)25-10-13-2-1-11(8-21)5-16(13)20/h1-2,5-7H,3-4,9-10H2,(H,23,24). The summed E-state index contributed by atoms with van der Waals surface area (Å²) in [5.74, 6) is -0.151. The molecule has 0 fully saturated rings. The number of carbonyl (C=O) groups is 1. The van der Waals surface area contributed by atoms with Crippen LogP contribution in [-0.2, 0) is 19.6 Å². The van der Waals surface area contributed by atoms with Gasteiger partial charge in [-0.3, -0.25) is 0 Å². The Morgan fingerprint density at radius 2 is 2.16 bits per heavy atom. The fourth-order valence-corrected chi connectivity index (χ4v) is 2.96. The van der Waals surface area contributed by atoms with Gasteiger partial charge < -0.3 is 14.7 Å². The first-order valence-electron chi connectivity index (χ1n) is 7.58. The molecule has 128 valence electrons. The predicted octanol–water partition coefficient (Wildman–Crippen LogP) is 3.97. The van der Waals surface area contributed by atoms with Crippen molar-refractivity contribution in [1.29, 1.82) is 5.26 Å². The maximum absolute atomic E-state index is 13.9. The van der Waals surface area contributed by atoms with Gasteiger partial charge in [0.15, 0.2) is 0 Å². The summed E-state index contributed by atoms with van der Waals surface area (Å²) in [5, 5.41) is 18.3. The van der Waals surface area contributed by atoms with Gasteiger partial charge in [0.1, 0.15) is 18.2 Å². The Balaban J connectivity index is 1.78. The maximum Gasteiger partial charge on any atom is 0.407 e. The lowest BCUT2D eigenvalue weighted by Crippen LogP contribution is -2.34. The fourth-order valence-electron chi connectivity index (χ4n) is 2.72. The van der Waals surface area contributed by atoms with E-state index in [9.17, 15) is 9.18 Å². The molecule has 1 aliphatic rings. The van der Waals surface area contributed by atoms with Crippen LogP contribution in [0.5, 0.6) is 5.75 Å². The number of nitrogens with zero attached hydrogens (tertiary/aromatic N) is 2. The molecular weight excluding hydrogens is 347 g/mol. The van der Waals surface area contributed by atoms with Crippen molar-refractivity contribution < 1.29 is 19.0 Å². The van der Waals surface area contributed by atoms with Gasteiger partial charge in [-0.1, -0.05) is 17.7 Å². The summed E-state index contributed by atoms with van der Waals surface area (Å²) in [6.45, 7) is 0.650. The van der Waals surface area contributed by atoms with Crippen LogP contribution in [0.25, 0.3) is 0 Å². The summed E-state index contributed by atoms with van der Waals surface area (Å²) < 4.78 is 19.5. The van der Waals surface area contributed by atoms with E-state index in [1.165, 1.54) is 17.0 Å². The third-order valence-corrected chi connectivity index (χ3v) is 4.40. The van der Waals surface area contributed by atoms with Crippen molar-refractivity contribution in [2.75, 3.05) is 6.54 Å². The molecule has 0 unspecified atom stereocenters. The number of halogens is 2. The molecule has 0 radical (unpaired) electrons. The van der Waals surface area contributed by atoms with Gasteiger partial charge in [0.25, 0.3) is 0 Å². The second kappa shape index (κ2) is 6.99. The van der Waals surface area contributed by atoms with E-state index in [0.717, 1.165) is 17.2 Å². The zero-order valence-corrected chi connectivity index (χ0v) is 13.9. The maximum atomic E-state index is 13.9. The van der Waals surface area contributed by atoms with E-state index in [1.54, 1.807) is 12.1 Å². The summed E-state index contributed by atoms with van der Waals surface area (Å²) in [6.07, 6.45) is -0.381. The summed E-state index contributed by atoms with van der Waals surface area (Å²) in [7, 11) is 0. The highest BCUT2D eigenvalue weighted by Crippen LogP contribution is 2.32. The van der Waals surface area contributed by atoms with E-state index in [4.69, 9.17) is 26.7 Å². The van der Waals surface area contributed by atoms with Crippen LogP contribution < -0.4 is 4.74 Å². The highest BCUT2D eigenvalue weighted by Gasteiger charge is 2.21. The van der Waals surface area contributed by atoms with E-state index in [0.29, 0.717) is 29.3 Å². The van der Waals surface area contributed by atoms with Crippen molar-refractivity contribution >= 4 is 17.7 Å². The van der Waals surface area contributed by atoms with Crippen LogP contribution in [0.4, 0.5) is 9.18 Å². The van der Waals surface area contributed by atoms with E-state index in [-0.39, 0.29) is 18.7 Å². The van der Waals surface area contributed by atoms with Gasteiger partial charge in [-0.15, -0.1) is 0 Å². The number of amides is 1. The molecule has 3 rings (SSSR count). The van der Waals surface area contributed by atoms with Crippen molar-refractivity contribution in [3.63, 3.8) is 0 Å². The lowest BCUT2D eigenvalue weighted by molar-refractivity contribution is 0.140. The molecule has 0 atom stereocenters. The average molecular weight is 361 g/mol. The second-order valence-electron chi connectivity index (χ2n) is 5.71. The Morgan fingerprint density at radius 3 is 2.84 bits per heavy atom. The van der Waals surface area contributed by atoms with Crippen molar-refractivity contribution in [2.45, 2.75) is 19.6 Å². The van der Waals surface area contributed by atoms with E-state index < -0.39 is 11.9 Å². The third kappa shape index (κ3) is 3.67. The largest absolute Gasteiger partial charge is 0.487 e. The van der Waals surface area contributed by atoms with Crippen LogP contribution in [0.15, 0.2) is 30.3 Å². The van der Waals surface area contributed by atoms with E-state index in [2.05, 4.69) is 0 Å². The normalized spacial score (nSPS) is 13.1. The van der Waals surface area contributed by atoms with Gasteiger partial charge in [0.05, 0.1) is 16.7 Å². The highest BCUT2D eigenvalue weighted by atomic mass is 35.5. The molecule has 1 N–H and O–H groups in total. The number of hydrogen-bond acceptors (Lipinski definition) is 3. The van der Waals surface area contributed by atoms with Crippen LogP contribution in [-0.4, -0.2) is 22.6 Å². The Labute approximate surface area is 148 Å². The number of hydrogen-bond donors (Lipinski definition) is 1.